The van der Waals surface area contributed by atoms with Crippen molar-refractivity contribution in [3.8, 4) is 5.88 Å². The van der Waals surface area contributed by atoms with Gasteiger partial charge >= 0.3 is 5.97 Å². The quantitative estimate of drug-likeness (QED) is 0.840. The number of amides is 1. The summed E-state index contributed by atoms with van der Waals surface area (Å²) in [5, 5.41) is 12.2. The van der Waals surface area contributed by atoms with E-state index in [2.05, 4.69) is 26.2 Å². The van der Waals surface area contributed by atoms with Gasteiger partial charge in [0.1, 0.15) is 0 Å². The lowest BCUT2D eigenvalue weighted by molar-refractivity contribution is -0.130. The molecule has 1 aromatic heterocycles. The molecule has 0 bridgehead atoms. The van der Waals surface area contributed by atoms with Crippen LogP contribution in [0.2, 0.25) is 0 Å². The van der Waals surface area contributed by atoms with Crippen molar-refractivity contribution in [2.75, 3.05) is 12.4 Å². The molecule has 2 N–H and O–H groups in total. The third-order valence-electron chi connectivity index (χ3n) is 3.70. The number of aromatic nitrogens is 1. The first-order valence-electron chi connectivity index (χ1n) is 7.06. The summed E-state index contributed by atoms with van der Waals surface area (Å²) in [6.45, 7) is 0. The molecule has 1 amide bonds. The van der Waals surface area contributed by atoms with Gasteiger partial charge in [0.25, 0.3) is 5.91 Å². The molecule has 1 aromatic carbocycles. The third-order valence-corrected chi connectivity index (χ3v) is 4.19. The van der Waals surface area contributed by atoms with Crippen molar-refractivity contribution in [2.45, 2.75) is 6.42 Å². The molecule has 1 aliphatic carbocycles. The van der Waals surface area contributed by atoms with E-state index in [1.165, 1.54) is 13.3 Å². The van der Waals surface area contributed by atoms with Crippen molar-refractivity contribution in [2.24, 2.45) is 0 Å². The highest BCUT2D eigenvalue weighted by atomic mass is 79.9. The molecule has 0 fully saturated rings. The van der Waals surface area contributed by atoms with Gasteiger partial charge in [-0.25, -0.2) is 9.78 Å². The van der Waals surface area contributed by atoms with Crippen molar-refractivity contribution in [1.29, 1.82) is 0 Å². The number of carboxylic acids is 1. The van der Waals surface area contributed by atoms with Gasteiger partial charge in [-0.05, 0) is 29.3 Å². The lowest BCUT2D eigenvalue weighted by Crippen LogP contribution is -2.17. The molecular weight excluding hydrogens is 376 g/mol. The van der Waals surface area contributed by atoms with Crippen LogP contribution in [0.4, 0.5) is 5.69 Å². The third kappa shape index (κ3) is 3.03. The van der Waals surface area contributed by atoms with Crippen molar-refractivity contribution < 1.29 is 19.4 Å². The van der Waals surface area contributed by atoms with Gasteiger partial charge in [0, 0.05) is 22.5 Å². The number of carbonyl (C=O) groups excluding carboxylic acids is 1. The summed E-state index contributed by atoms with van der Waals surface area (Å²) in [5.41, 5.74) is 2.11. The van der Waals surface area contributed by atoms with Gasteiger partial charge < -0.3 is 15.2 Å². The average molecular weight is 389 g/mol. The maximum atomic E-state index is 12.5. The van der Waals surface area contributed by atoms with Crippen molar-refractivity contribution in [3.05, 3.63) is 57.7 Å². The summed E-state index contributed by atoms with van der Waals surface area (Å²) in [6.07, 6.45) is 1.72. The van der Waals surface area contributed by atoms with Crippen LogP contribution in [0.3, 0.4) is 0 Å². The van der Waals surface area contributed by atoms with E-state index in [0.29, 0.717) is 17.1 Å². The predicted octanol–water partition coefficient (Wildman–Crippen LogP) is 2.89. The number of fused-ring (bicyclic) bond motifs is 1. The van der Waals surface area contributed by atoms with Gasteiger partial charge in [-0.15, -0.1) is 0 Å². The Morgan fingerprint density at radius 3 is 2.71 bits per heavy atom. The van der Waals surface area contributed by atoms with E-state index in [4.69, 9.17) is 4.74 Å². The van der Waals surface area contributed by atoms with E-state index >= 15 is 0 Å². The highest BCUT2D eigenvalue weighted by molar-refractivity contribution is 9.10. The van der Waals surface area contributed by atoms with E-state index in [-0.39, 0.29) is 17.6 Å². The second-order valence-electron chi connectivity index (χ2n) is 5.18. The van der Waals surface area contributed by atoms with E-state index < -0.39 is 11.9 Å². The monoisotopic (exact) mass is 388 g/mol. The predicted molar refractivity (Wildman–Crippen MR) is 91.8 cm³/mol. The van der Waals surface area contributed by atoms with Gasteiger partial charge in [0.05, 0.1) is 24.6 Å². The first kappa shape index (κ1) is 16.2. The minimum absolute atomic E-state index is 0.0384. The van der Waals surface area contributed by atoms with Crippen LogP contribution in [-0.4, -0.2) is 29.1 Å². The molecule has 122 valence electrons. The molecule has 7 heteroatoms. The zero-order valence-electron chi connectivity index (χ0n) is 12.7. The molecule has 1 heterocycles. The lowest BCUT2D eigenvalue weighted by Gasteiger charge is -2.07. The normalized spacial score (nSPS) is 12.8. The molecule has 0 saturated carbocycles. The summed E-state index contributed by atoms with van der Waals surface area (Å²) in [7, 11) is 1.50. The minimum Gasteiger partial charge on any atom is -0.481 e. The molecule has 24 heavy (non-hydrogen) atoms. The van der Waals surface area contributed by atoms with Crippen LogP contribution in [-0.2, 0) is 16.0 Å². The lowest BCUT2D eigenvalue weighted by atomic mass is 10.1. The average Bonchev–Trinajstić information content (AvgIpc) is 2.94. The fourth-order valence-electron chi connectivity index (χ4n) is 2.61. The van der Waals surface area contributed by atoms with Crippen LogP contribution in [0.1, 0.15) is 11.1 Å². The molecular formula is C17H13BrN2O4. The van der Waals surface area contributed by atoms with Crippen LogP contribution in [0.5, 0.6) is 5.88 Å². The number of hydrogen-bond donors (Lipinski definition) is 2. The van der Waals surface area contributed by atoms with Crippen LogP contribution in [0, 0.1) is 0 Å². The molecule has 0 atom stereocenters. The Hall–Kier alpha value is -2.67. The molecule has 3 rings (SSSR count). The number of ether oxygens (including phenoxy) is 1. The highest BCUT2D eigenvalue weighted by Gasteiger charge is 2.30. The second-order valence-corrected chi connectivity index (χ2v) is 6.10. The summed E-state index contributed by atoms with van der Waals surface area (Å²) in [5.74, 6) is -1.14. The van der Waals surface area contributed by atoms with Gasteiger partial charge in [0.15, 0.2) is 0 Å². The van der Waals surface area contributed by atoms with E-state index in [1.54, 1.807) is 24.3 Å². The van der Waals surface area contributed by atoms with E-state index in [9.17, 15) is 14.7 Å². The number of halogens is 1. The van der Waals surface area contributed by atoms with Gasteiger partial charge in [0.2, 0.25) is 5.88 Å². The maximum Gasteiger partial charge on any atom is 0.336 e. The number of carbonyl (C=O) groups is 2. The van der Waals surface area contributed by atoms with Crippen LogP contribution >= 0.6 is 15.9 Å². The van der Waals surface area contributed by atoms with Crippen molar-refractivity contribution in [3.63, 3.8) is 0 Å². The smallest absolute Gasteiger partial charge is 0.336 e. The standard InChI is InChI=1S/C17H13BrN2O4/c1-24-14-5-3-11(8-19-14)20-16(21)13-7-9-6-10(18)2-4-12(9)15(13)17(22)23/h2-6,8H,7H2,1H3,(H,20,21)(H,22,23). The Labute approximate surface area is 146 Å². The Balaban J connectivity index is 1.90. The summed E-state index contributed by atoms with van der Waals surface area (Å²) >= 11 is 3.36. The van der Waals surface area contributed by atoms with Gasteiger partial charge in [-0.1, -0.05) is 22.0 Å². The number of benzene rings is 1. The first-order valence-corrected chi connectivity index (χ1v) is 7.85. The largest absolute Gasteiger partial charge is 0.481 e. The Morgan fingerprint density at radius 1 is 1.29 bits per heavy atom. The fraction of sp³-hybridized carbons (Fsp3) is 0.118. The van der Waals surface area contributed by atoms with Crippen LogP contribution in [0.15, 0.2) is 46.6 Å². The van der Waals surface area contributed by atoms with Crippen LogP contribution in [0.25, 0.3) is 5.57 Å². The number of rotatable bonds is 4. The van der Waals surface area contributed by atoms with Crippen molar-refractivity contribution >= 4 is 39.1 Å². The number of methoxy groups -OCH3 is 1. The maximum absolute atomic E-state index is 12.5. The van der Waals surface area contributed by atoms with Gasteiger partial charge in [-0.3, -0.25) is 4.79 Å². The number of nitrogens with zero attached hydrogens (tertiary/aromatic N) is 1. The molecule has 0 saturated heterocycles. The summed E-state index contributed by atoms with van der Waals surface area (Å²) < 4.78 is 5.80. The highest BCUT2D eigenvalue weighted by Crippen LogP contribution is 2.35. The number of nitrogens with one attached hydrogen (secondary N) is 1. The fourth-order valence-corrected chi connectivity index (χ4v) is 3.02. The Kier molecular flexibility index (Phi) is 4.35. The molecule has 0 unspecified atom stereocenters. The van der Waals surface area contributed by atoms with Gasteiger partial charge in [-0.2, -0.15) is 0 Å². The van der Waals surface area contributed by atoms with Crippen LogP contribution < -0.4 is 10.1 Å². The molecule has 2 aromatic rings. The first-order chi connectivity index (χ1) is 11.5. The molecule has 0 radical (unpaired) electrons. The van der Waals surface area contributed by atoms with Crippen molar-refractivity contribution in [1.82, 2.24) is 4.98 Å². The minimum atomic E-state index is -1.12. The number of anilines is 1. The number of aliphatic carboxylic acids is 1. The topological polar surface area (TPSA) is 88.5 Å². The molecule has 0 spiro atoms. The van der Waals surface area contributed by atoms with E-state index in [0.717, 1.165) is 10.0 Å². The SMILES string of the molecule is COc1ccc(NC(=O)C2=C(C(=O)O)c3ccc(Br)cc3C2)cn1. The molecule has 0 aliphatic heterocycles. The number of hydrogen-bond acceptors (Lipinski definition) is 4. The molecule has 1 aliphatic rings. The Morgan fingerprint density at radius 2 is 2.08 bits per heavy atom. The Bertz CT molecular complexity index is 859. The summed E-state index contributed by atoms with van der Waals surface area (Å²) in [6, 6.07) is 8.55. The summed E-state index contributed by atoms with van der Waals surface area (Å²) in [4.78, 5) is 28.2. The second kappa shape index (κ2) is 6.45. The number of carboxylic acid groups (broad SMARTS) is 1. The zero-order chi connectivity index (χ0) is 17.3. The zero-order valence-corrected chi connectivity index (χ0v) is 14.3. The number of pyridine rings is 1. The molecule has 6 nitrogen and oxygen atoms in total. The van der Waals surface area contributed by atoms with E-state index in [1.807, 2.05) is 6.07 Å².